The summed E-state index contributed by atoms with van der Waals surface area (Å²) in [4.78, 5) is 15.9. The maximum absolute atomic E-state index is 13.5. The van der Waals surface area contributed by atoms with Gasteiger partial charge in [0, 0.05) is 6.07 Å². The number of para-hydroxylation sites is 1. The van der Waals surface area contributed by atoms with E-state index in [0.29, 0.717) is 15.6 Å². The van der Waals surface area contributed by atoms with Gasteiger partial charge < -0.3 is 9.84 Å². The van der Waals surface area contributed by atoms with Gasteiger partial charge in [0.05, 0.1) is 16.8 Å². The number of nitrogens with one attached hydrogen (secondary N) is 1. The van der Waals surface area contributed by atoms with Crippen LogP contribution >= 0.6 is 11.3 Å². The Morgan fingerprint density at radius 2 is 2.35 bits per heavy atom. The summed E-state index contributed by atoms with van der Waals surface area (Å²) in [6.07, 6.45) is 0.0687. The average molecular weight is 291 g/mol. The highest BCUT2D eigenvalue weighted by Crippen LogP contribution is 2.27. The third-order valence-corrected chi connectivity index (χ3v) is 3.56. The minimum atomic E-state index is -0.398. The molecule has 3 aromatic rings. The fourth-order valence-corrected chi connectivity index (χ4v) is 2.69. The molecule has 0 radical (unpaired) electrons. The van der Waals surface area contributed by atoms with Gasteiger partial charge in [0.2, 0.25) is 5.91 Å². The highest BCUT2D eigenvalue weighted by molar-refractivity contribution is 7.22. The van der Waals surface area contributed by atoms with E-state index in [2.05, 4.69) is 15.5 Å². The molecule has 0 unspecified atom stereocenters. The minimum Gasteiger partial charge on any atom is -0.361 e. The van der Waals surface area contributed by atoms with Crippen molar-refractivity contribution >= 4 is 32.6 Å². The summed E-state index contributed by atoms with van der Waals surface area (Å²) < 4.78 is 19.1. The van der Waals surface area contributed by atoms with Gasteiger partial charge >= 0.3 is 0 Å². The molecule has 0 aliphatic rings. The van der Waals surface area contributed by atoms with Crippen molar-refractivity contribution in [1.29, 1.82) is 0 Å². The molecule has 2 aromatic heterocycles. The molecule has 0 aliphatic heterocycles. The molecule has 0 bridgehead atoms. The van der Waals surface area contributed by atoms with Gasteiger partial charge in [-0.05, 0) is 19.1 Å². The zero-order chi connectivity index (χ0) is 14.1. The number of amides is 1. The SMILES string of the molecule is Cc1cc(CC(=O)Nc2nc3c(F)cccc3s2)on1. The van der Waals surface area contributed by atoms with Gasteiger partial charge in [0.15, 0.2) is 5.13 Å². The van der Waals surface area contributed by atoms with Crippen LogP contribution in [0, 0.1) is 12.7 Å². The van der Waals surface area contributed by atoms with Crippen LogP contribution in [0.1, 0.15) is 11.5 Å². The number of halogens is 1. The van der Waals surface area contributed by atoms with Crippen molar-refractivity contribution in [3.8, 4) is 0 Å². The van der Waals surface area contributed by atoms with Crippen LogP contribution in [0.25, 0.3) is 10.2 Å². The standard InChI is InChI=1S/C13H10FN3O2S/c1-7-5-8(19-17-7)6-11(18)15-13-16-12-9(14)3-2-4-10(12)20-13/h2-5H,6H2,1H3,(H,15,16,18). The second-order valence-electron chi connectivity index (χ2n) is 4.27. The Balaban J connectivity index is 1.75. The van der Waals surface area contributed by atoms with E-state index in [4.69, 9.17) is 4.52 Å². The summed E-state index contributed by atoms with van der Waals surface area (Å²) in [5.41, 5.74) is 0.984. The molecule has 0 aliphatic carbocycles. The molecule has 5 nitrogen and oxygen atoms in total. The normalized spacial score (nSPS) is 10.9. The summed E-state index contributed by atoms with van der Waals surface area (Å²) in [5, 5.41) is 6.70. The molecule has 0 fully saturated rings. The predicted octanol–water partition coefficient (Wildman–Crippen LogP) is 2.91. The number of thiazole rings is 1. The van der Waals surface area contributed by atoms with Crippen molar-refractivity contribution in [2.24, 2.45) is 0 Å². The number of carbonyl (C=O) groups excluding carboxylic acids is 1. The summed E-state index contributed by atoms with van der Waals surface area (Å²) in [6, 6.07) is 6.40. The molecule has 1 aromatic carbocycles. The first-order valence-corrected chi connectivity index (χ1v) is 6.70. The Hall–Kier alpha value is -2.28. The first-order chi connectivity index (χ1) is 9.61. The van der Waals surface area contributed by atoms with E-state index in [-0.39, 0.29) is 17.8 Å². The summed E-state index contributed by atoms with van der Waals surface area (Å²) in [5.74, 6) is -0.196. The fraction of sp³-hybridized carbons (Fsp3) is 0.154. The van der Waals surface area contributed by atoms with E-state index in [0.717, 1.165) is 5.69 Å². The molecule has 0 saturated heterocycles. The molecule has 1 N–H and O–H groups in total. The summed E-state index contributed by atoms with van der Waals surface area (Å²) >= 11 is 1.23. The molecule has 0 atom stereocenters. The highest BCUT2D eigenvalue weighted by atomic mass is 32.1. The third-order valence-electron chi connectivity index (χ3n) is 2.63. The van der Waals surface area contributed by atoms with E-state index < -0.39 is 5.82 Å². The van der Waals surface area contributed by atoms with E-state index in [9.17, 15) is 9.18 Å². The Kier molecular flexibility index (Phi) is 3.19. The van der Waals surface area contributed by atoms with Crippen molar-refractivity contribution in [2.45, 2.75) is 13.3 Å². The van der Waals surface area contributed by atoms with Crippen molar-refractivity contribution in [3.05, 3.63) is 41.5 Å². The summed E-state index contributed by atoms with van der Waals surface area (Å²) in [6.45, 7) is 1.78. The number of fused-ring (bicyclic) bond motifs is 1. The van der Waals surface area contributed by atoms with E-state index in [1.807, 2.05) is 0 Å². The monoisotopic (exact) mass is 291 g/mol. The summed E-state index contributed by atoms with van der Waals surface area (Å²) in [7, 11) is 0. The number of rotatable bonds is 3. The van der Waals surface area contributed by atoms with E-state index in [1.165, 1.54) is 17.4 Å². The zero-order valence-electron chi connectivity index (χ0n) is 10.5. The fourth-order valence-electron chi connectivity index (χ4n) is 1.79. The molecule has 1 amide bonds. The molecule has 7 heteroatoms. The maximum Gasteiger partial charge on any atom is 0.233 e. The minimum absolute atomic E-state index is 0.0687. The lowest BCUT2D eigenvalue weighted by Crippen LogP contribution is -2.13. The molecule has 20 heavy (non-hydrogen) atoms. The number of aryl methyl sites for hydroxylation is 1. The van der Waals surface area contributed by atoms with Gasteiger partial charge in [-0.1, -0.05) is 22.6 Å². The topological polar surface area (TPSA) is 68.0 Å². The van der Waals surface area contributed by atoms with Gasteiger partial charge in [-0.25, -0.2) is 9.37 Å². The van der Waals surface area contributed by atoms with Gasteiger partial charge in [0.25, 0.3) is 0 Å². The van der Waals surface area contributed by atoms with Gasteiger partial charge in [-0.2, -0.15) is 0 Å². The number of hydrogen-bond donors (Lipinski definition) is 1. The second kappa shape index (κ2) is 5.01. The highest BCUT2D eigenvalue weighted by Gasteiger charge is 2.12. The lowest BCUT2D eigenvalue weighted by Gasteiger charge is -1.97. The maximum atomic E-state index is 13.5. The Bertz CT molecular complexity index is 781. The van der Waals surface area contributed by atoms with Gasteiger partial charge in [0.1, 0.15) is 17.1 Å². The number of nitrogens with zero attached hydrogens (tertiary/aromatic N) is 2. The van der Waals surface area contributed by atoms with Crippen LogP contribution in [0.5, 0.6) is 0 Å². The third kappa shape index (κ3) is 2.53. The number of anilines is 1. The Labute approximate surface area is 117 Å². The van der Waals surface area contributed by atoms with Crippen molar-refractivity contribution in [3.63, 3.8) is 0 Å². The van der Waals surface area contributed by atoms with E-state index in [1.54, 1.807) is 25.1 Å². The Morgan fingerprint density at radius 1 is 1.50 bits per heavy atom. The van der Waals surface area contributed by atoms with Crippen LogP contribution in [0.3, 0.4) is 0 Å². The predicted molar refractivity (Wildman–Crippen MR) is 73.2 cm³/mol. The van der Waals surface area contributed by atoms with Crippen LogP contribution in [0.15, 0.2) is 28.8 Å². The van der Waals surface area contributed by atoms with Crippen molar-refractivity contribution in [2.75, 3.05) is 5.32 Å². The van der Waals surface area contributed by atoms with E-state index >= 15 is 0 Å². The van der Waals surface area contributed by atoms with Crippen LogP contribution in [0.4, 0.5) is 9.52 Å². The van der Waals surface area contributed by atoms with Gasteiger partial charge in [-0.3, -0.25) is 4.79 Å². The molecule has 2 heterocycles. The number of aromatic nitrogens is 2. The van der Waals surface area contributed by atoms with Crippen LogP contribution in [-0.2, 0) is 11.2 Å². The lowest BCUT2D eigenvalue weighted by atomic mass is 10.3. The first kappa shape index (κ1) is 12.7. The van der Waals surface area contributed by atoms with Crippen LogP contribution < -0.4 is 5.32 Å². The number of benzene rings is 1. The van der Waals surface area contributed by atoms with Crippen molar-refractivity contribution < 1.29 is 13.7 Å². The molecule has 0 spiro atoms. The smallest absolute Gasteiger partial charge is 0.233 e. The Morgan fingerprint density at radius 3 is 3.05 bits per heavy atom. The van der Waals surface area contributed by atoms with Crippen molar-refractivity contribution in [1.82, 2.24) is 10.1 Å². The van der Waals surface area contributed by atoms with Gasteiger partial charge in [-0.15, -0.1) is 0 Å². The number of hydrogen-bond acceptors (Lipinski definition) is 5. The zero-order valence-corrected chi connectivity index (χ0v) is 11.3. The van der Waals surface area contributed by atoms with Crippen LogP contribution in [0.2, 0.25) is 0 Å². The van der Waals surface area contributed by atoms with Crippen LogP contribution in [-0.4, -0.2) is 16.0 Å². The molecule has 3 rings (SSSR count). The molecule has 102 valence electrons. The first-order valence-electron chi connectivity index (χ1n) is 5.89. The second-order valence-corrected chi connectivity index (χ2v) is 5.30. The lowest BCUT2D eigenvalue weighted by molar-refractivity contribution is -0.115. The largest absolute Gasteiger partial charge is 0.361 e. The molecular formula is C13H10FN3O2S. The molecule has 0 saturated carbocycles. The molecular weight excluding hydrogens is 281 g/mol. The average Bonchev–Trinajstić information content (AvgIpc) is 2.96. The number of carbonyl (C=O) groups is 1. The quantitative estimate of drug-likeness (QED) is 0.805.